The van der Waals surface area contributed by atoms with Gasteiger partial charge in [0.1, 0.15) is 12.7 Å². The number of hydrogen-bond donors (Lipinski definition) is 1. The van der Waals surface area contributed by atoms with Crippen LogP contribution in [0.25, 0.3) is 0 Å². The Balaban J connectivity index is 2.94. The zero-order valence-corrected chi connectivity index (χ0v) is 11.3. The van der Waals surface area contributed by atoms with E-state index in [9.17, 15) is 24.3 Å². The van der Waals surface area contributed by atoms with Crippen LogP contribution in [0.3, 0.4) is 0 Å². The lowest BCUT2D eigenvalue weighted by Crippen LogP contribution is -2.52. The molecule has 7 heteroatoms. The standard InChI is InChI=1S/C12H18N2O5/c1-7(2)11(12(18)19)13(8(3)15)6-14-9(16)4-5-10(14)17/h7,11H,4-6H2,1-3H3,(H,18,19). The van der Waals surface area contributed by atoms with E-state index < -0.39 is 17.9 Å². The Kier molecular flexibility index (Phi) is 4.63. The highest BCUT2D eigenvalue weighted by Gasteiger charge is 2.36. The molecule has 0 radical (unpaired) electrons. The summed E-state index contributed by atoms with van der Waals surface area (Å²) in [5, 5.41) is 9.19. The number of imide groups is 1. The second-order valence-corrected chi connectivity index (χ2v) is 4.87. The first-order valence-corrected chi connectivity index (χ1v) is 6.09. The van der Waals surface area contributed by atoms with Gasteiger partial charge in [0.15, 0.2) is 0 Å². The number of nitrogens with zero attached hydrogens (tertiary/aromatic N) is 2. The molecular formula is C12H18N2O5. The minimum Gasteiger partial charge on any atom is -0.480 e. The molecule has 1 atom stereocenters. The quantitative estimate of drug-likeness (QED) is 0.712. The number of aliphatic carboxylic acids is 1. The van der Waals surface area contributed by atoms with Crippen molar-refractivity contribution in [1.82, 2.24) is 9.80 Å². The van der Waals surface area contributed by atoms with E-state index in [1.165, 1.54) is 6.92 Å². The lowest BCUT2D eigenvalue weighted by Gasteiger charge is -2.33. The van der Waals surface area contributed by atoms with Crippen molar-refractivity contribution in [3.05, 3.63) is 0 Å². The van der Waals surface area contributed by atoms with E-state index in [0.717, 1.165) is 9.80 Å². The average Bonchev–Trinajstić information content (AvgIpc) is 2.58. The van der Waals surface area contributed by atoms with Gasteiger partial charge in [0, 0.05) is 19.8 Å². The van der Waals surface area contributed by atoms with Gasteiger partial charge in [0.2, 0.25) is 17.7 Å². The number of carboxylic acids is 1. The van der Waals surface area contributed by atoms with Crippen molar-refractivity contribution in [2.24, 2.45) is 5.92 Å². The fourth-order valence-electron chi connectivity index (χ4n) is 2.09. The highest BCUT2D eigenvalue weighted by molar-refractivity contribution is 6.02. The first-order valence-electron chi connectivity index (χ1n) is 6.09. The minimum absolute atomic E-state index is 0.115. The molecule has 0 aromatic heterocycles. The van der Waals surface area contributed by atoms with Crippen molar-refractivity contribution >= 4 is 23.7 Å². The maximum Gasteiger partial charge on any atom is 0.326 e. The van der Waals surface area contributed by atoms with Crippen LogP contribution in [-0.4, -0.2) is 51.3 Å². The Morgan fingerprint density at radius 2 is 1.74 bits per heavy atom. The summed E-state index contributed by atoms with van der Waals surface area (Å²) in [6.07, 6.45) is 0.230. The van der Waals surface area contributed by atoms with Gasteiger partial charge in [-0.05, 0) is 5.92 Å². The third-order valence-electron chi connectivity index (χ3n) is 3.07. The van der Waals surface area contributed by atoms with Gasteiger partial charge in [-0.3, -0.25) is 19.3 Å². The van der Waals surface area contributed by atoms with Crippen LogP contribution in [0.4, 0.5) is 0 Å². The molecule has 106 valence electrons. The van der Waals surface area contributed by atoms with Crippen LogP contribution >= 0.6 is 0 Å². The highest BCUT2D eigenvalue weighted by atomic mass is 16.4. The van der Waals surface area contributed by atoms with Gasteiger partial charge < -0.3 is 10.0 Å². The van der Waals surface area contributed by atoms with Crippen molar-refractivity contribution < 1.29 is 24.3 Å². The second-order valence-electron chi connectivity index (χ2n) is 4.87. The molecule has 1 heterocycles. The summed E-state index contributed by atoms with van der Waals surface area (Å²) in [6, 6.07) is -1.06. The van der Waals surface area contributed by atoms with Gasteiger partial charge in [-0.2, -0.15) is 0 Å². The van der Waals surface area contributed by atoms with E-state index in [0.29, 0.717) is 0 Å². The molecule has 0 saturated carbocycles. The lowest BCUT2D eigenvalue weighted by molar-refractivity contribution is -0.157. The molecule has 0 aliphatic carbocycles. The molecule has 19 heavy (non-hydrogen) atoms. The molecule has 1 N–H and O–H groups in total. The molecular weight excluding hydrogens is 252 g/mol. The molecule has 0 spiro atoms. The monoisotopic (exact) mass is 270 g/mol. The Labute approximate surface area is 111 Å². The summed E-state index contributed by atoms with van der Waals surface area (Å²) in [7, 11) is 0. The predicted octanol–water partition coefficient (Wildman–Crippen LogP) is 0.0506. The number of carbonyl (C=O) groups excluding carboxylic acids is 3. The van der Waals surface area contributed by atoms with Crippen LogP contribution in [0.1, 0.15) is 33.6 Å². The van der Waals surface area contributed by atoms with Crippen molar-refractivity contribution in [3.8, 4) is 0 Å². The van der Waals surface area contributed by atoms with Crippen LogP contribution in [0.2, 0.25) is 0 Å². The second kappa shape index (κ2) is 5.81. The third-order valence-corrected chi connectivity index (χ3v) is 3.07. The van der Waals surface area contributed by atoms with Crippen LogP contribution in [-0.2, 0) is 19.2 Å². The molecule has 1 unspecified atom stereocenters. The molecule has 0 aromatic carbocycles. The fourth-order valence-corrected chi connectivity index (χ4v) is 2.09. The average molecular weight is 270 g/mol. The summed E-state index contributed by atoms with van der Waals surface area (Å²) in [4.78, 5) is 47.9. The number of carboxylic acid groups (broad SMARTS) is 1. The van der Waals surface area contributed by atoms with Crippen LogP contribution in [0.5, 0.6) is 0 Å². The summed E-state index contributed by atoms with van der Waals surface area (Å²) >= 11 is 0. The topological polar surface area (TPSA) is 95.0 Å². The first kappa shape index (κ1) is 15.1. The summed E-state index contributed by atoms with van der Waals surface area (Å²) < 4.78 is 0. The molecule has 0 bridgehead atoms. The summed E-state index contributed by atoms with van der Waals surface area (Å²) in [5.74, 6) is -2.69. The molecule has 1 saturated heterocycles. The maximum atomic E-state index is 11.6. The normalized spacial score (nSPS) is 16.9. The van der Waals surface area contributed by atoms with Crippen molar-refractivity contribution in [2.75, 3.05) is 6.67 Å². The van der Waals surface area contributed by atoms with Gasteiger partial charge >= 0.3 is 5.97 Å². The highest BCUT2D eigenvalue weighted by Crippen LogP contribution is 2.17. The van der Waals surface area contributed by atoms with E-state index in [4.69, 9.17) is 0 Å². The lowest BCUT2D eigenvalue weighted by atomic mass is 10.0. The molecule has 7 nitrogen and oxygen atoms in total. The molecule has 0 aromatic rings. The number of carbonyl (C=O) groups is 4. The van der Waals surface area contributed by atoms with Crippen LogP contribution in [0.15, 0.2) is 0 Å². The van der Waals surface area contributed by atoms with Gasteiger partial charge in [-0.15, -0.1) is 0 Å². The summed E-state index contributed by atoms with van der Waals surface area (Å²) in [6.45, 7) is 4.27. The number of likely N-dealkylation sites (tertiary alicyclic amines) is 1. The zero-order chi connectivity index (χ0) is 14.7. The smallest absolute Gasteiger partial charge is 0.326 e. The summed E-state index contributed by atoms with van der Waals surface area (Å²) in [5.41, 5.74) is 0. The maximum absolute atomic E-state index is 11.6. The van der Waals surface area contributed by atoms with Crippen LogP contribution in [0, 0.1) is 5.92 Å². The minimum atomic E-state index is -1.15. The van der Waals surface area contributed by atoms with Crippen molar-refractivity contribution in [3.63, 3.8) is 0 Å². The van der Waals surface area contributed by atoms with E-state index in [1.807, 2.05) is 0 Å². The SMILES string of the molecule is CC(=O)N(CN1C(=O)CCC1=O)C(C(=O)O)C(C)C. The number of amides is 3. The third kappa shape index (κ3) is 3.30. The van der Waals surface area contributed by atoms with Gasteiger partial charge in [0.25, 0.3) is 0 Å². The Morgan fingerprint density at radius 3 is 2.05 bits per heavy atom. The molecule has 1 aliphatic heterocycles. The van der Waals surface area contributed by atoms with Gasteiger partial charge in [-0.1, -0.05) is 13.8 Å². The van der Waals surface area contributed by atoms with E-state index in [1.54, 1.807) is 13.8 Å². The van der Waals surface area contributed by atoms with Crippen LogP contribution < -0.4 is 0 Å². The van der Waals surface area contributed by atoms with Gasteiger partial charge in [0.05, 0.1) is 0 Å². The molecule has 1 rings (SSSR count). The van der Waals surface area contributed by atoms with Crippen molar-refractivity contribution in [2.45, 2.75) is 39.7 Å². The Morgan fingerprint density at radius 1 is 1.26 bits per heavy atom. The largest absolute Gasteiger partial charge is 0.480 e. The first-order chi connectivity index (χ1) is 8.75. The Bertz CT molecular complexity index is 402. The molecule has 1 fully saturated rings. The predicted molar refractivity (Wildman–Crippen MR) is 64.7 cm³/mol. The fraction of sp³-hybridized carbons (Fsp3) is 0.667. The molecule has 3 amide bonds. The van der Waals surface area contributed by atoms with E-state index >= 15 is 0 Å². The van der Waals surface area contributed by atoms with E-state index in [2.05, 4.69) is 0 Å². The molecule has 1 aliphatic rings. The van der Waals surface area contributed by atoms with Crippen molar-refractivity contribution in [1.29, 1.82) is 0 Å². The zero-order valence-electron chi connectivity index (χ0n) is 11.3. The van der Waals surface area contributed by atoms with E-state index in [-0.39, 0.29) is 37.2 Å². The Hall–Kier alpha value is -1.92. The van der Waals surface area contributed by atoms with Gasteiger partial charge in [-0.25, -0.2) is 4.79 Å². The number of hydrogen-bond acceptors (Lipinski definition) is 4. The number of rotatable bonds is 5.